The minimum atomic E-state index is -1.06. The highest BCUT2D eigenvalue weighted by Gasteiger charge is 2.37. The molecule has 38 heavy (non-hydrogen) atoms. The molecule has 9 nitrogen and oxygen atoms in total. The Balaban J connectivity index is 1.68. The molecule has 2 heterocycles. The van der Waals surface area contributed by atoms with Crippen LogP contribution in [0.5, 0.6) is 11.5 Å². The fourth-order valence-electron chi connectivity index (χ4n) is 4.07. The van der Waals surface area contributed by atoms with Gasteiger partial charge in [0.1, 0.15) is 5.69 Å². The smallest absolute Gasteiger partial charge is 0.344 e. The topological polar surface area (TPSA) is 103 Å². The highest BCUT2D eigenvalue weighted by molar-refractivity contribution is 8.27. The predicted octanol–water partition coefficient (Wildman–Crippen LogP) is 4.53. The first-order chi connectivity index (χ1) is 18.2. The number of hydrogen-bond acceptors (Lipinski definition) is 7. The second kappa shape index (κ2) is 11.3. The van der Waals surface area contributed by atoms with Crippen molar-refractivity contribution in [2.45, 2.75) is 33.3 Å². The second-order valence-corrected chi connectivity index (χ2v) is 10.1. The van der Waals surface area contributed by atoms with Crippen molar-refractivity contribution in [2.75, 3.05) is 11.5 Å². The molecule has 1 unspecified atom stereocenters. The van der Waals surface area contributed by atoms with E-state index in [4.69, 9.17) is 21.7 Å². The van der Waals surface area contributed by atoms with E-state index in [1.165, 1.54) is 9.58 Å². The summed E-state index contributed by atoms with van der Waals surface area (Å²) in [7, 11) is 1.76. The third-order valence-electron chi connectivity index (χ3n) is 6.02. The van der Waals surface area contributed by atoms with Crippen LogP contribution in [0.2, 0.25) is 0 Å². The number of amides is 1. The number of anilines is 1. The van der Waals surface area contributed by atoms with Crippen molar-refractivity contribution in [1.82, 2.24) is 9.36 Å². The van der Waals surface area contributed by atoms with Crippen molar-refractivity contribution in [2.24, 2.45) is 7.05 Å². The molecule has 0 bridgehead atoms. The molecule has 0 radical (unpaired) electrons. The number of carboxylic acids is 1. The molecule has 1 aliphatic rings. The molecule has 1 amide bonds. The van der Waals surface area contributed by atoms with E-state index in [1.807, 2.05) is 30.3 Å². The van der Waals surface area contributed by atoms with Crippen LogP contribution in [-0.4, -0.2) is 43.4 Å². The lowest BCUT2D eigenvalue weighted by Crippen LogP contribution is -2.33. The predicted molar refractivity (Wildman–Crippen MR) is 151 cm³/mol. The first-order valence-corrected chi connectivity index (χ1v) is 13.2. The Bertz CT molecular complexity index is 1490. The molecule has 0 spiro atoms. The number of para-hydroxylation sites is 1. The number of ether oxygens (including phenoxy) is 2. The normalized spacial score (nSPS) is 15.3. The summed E-state index contributed by atoms with van der Waals surface area (Å²) in [6.07, 6.45) is 0.940. The molecule has 0 aliphatic carbocycles. The molecule has 2 aromatic carbocycles. The van der Waals surface area contributed by atoms with Crippen LogP contribution < -0.4 is 19.9 Å². The van der Waals surface area contributed by atoms with Gasteiger partial charge in [0, 0.05) is 7.05 Å². The molecule has 1 atom stereocenters. The van der Waals surface area contributed by atoms with Gasteiger partial charge in [-0.15, -0.1) is 0 Å². The van der Waals surface area contributed by atoms with Crippen LogP contribution in [0.1, 0.15) is 31.5 Å². The van der Waals surface area contributed by atoms with Crippen LogP contribution in [0, 0.1) is 6.92 Å². The first-order valence-electron chi connectivity index (χ1n) is 12.0. The maximum Gasteiger partial charge on any atom is 0.344 e. The van der Waals surface area contributed by atoms with Crippen LogP contribution in [0.25, 0.3) is 11.8 Å². The number of carbonyl (C=O) groups is 2. The summed E-state index contributed by atoms with van der Waals surface area (Å²) in [5, 5.41) is 9.34. The SMILES string of the molecule is CCOc1cc(/C=C2/SC(=S)N(c3c(C)n(C)n(-c4ccccc4)c3=O)C2=O)ccc1OC(CC)C(=O)O. The van der Waals surface area contributed by atoms with Crippen molar-refractivity contribution in [3.8, 4) is 17.2 Å². The Morgan fingerprint density at radius 2 is 1.84 bits per heavy atom. The molecule has 3 aromatic rings. The number of thiocarbonyl (C=S) groups is 1. The Kier molecular flexibility index (Phi) is 8.08. The fraction of sp³-hybridized carbons (Fsp3) is 0.259. The minimum absolute atomic E-state index is 0.209. The molecule has 1 N–H and O–H groups in total. The molecule has 0 saturated carbocycles. The number of hydrogen-bond donors (Lipinski definition) is 1. The summed E-state index contributed by atoms with van der Waals surface area (Å²) in [6, 6.07) is 14.2. The minimum Gasteiger partial charge on any atom is -0.490 e. The van der Waals surface area contributed by atoms with Crippen molar-refractivity contribution in [1.29, 1.82) is 0 Å². The second-order valence-electron chi connectivity index (χ2n) is 8.42. The van der Waals surface area contributed by atoms with Gasteiger partial charge in [-0.25, -0.2) is 9.48 Å². The van der Waals surface area contributed by atoms with Crippen LogP contribution in [0.15, 0.2) is 58.2 Å². The molecule has 11 heteroatoms. The molecular formula is C27H27N3O6S2. The molecule has 1 aromatic heterocycles. The number of benzene rings is 2. The Morgan fingerprint density at radius 3 is 2.47 bits per heavy atom. The Labute approximate surface area is 229 Å². The largest absolute Gasteiger partial charge is 0.490 e. The molecule has 1 fully saturated rings. The average molecular weight is 554 g/mol. The number of nitrogens with zero attached hydrogens (tertiary/aromatic N) is 3. The maximum absolute atomic E-state index is 13.5. The van der Waals surface area contributed by atoms with Gasteiger partial charge in [-0.2, -0.15) is 0 Å². The van der Waals surface area contributed by atoms with E-state index in [0.717, 1.165) is 11.8 Å². The number of rotatable bonds is 9. The first kappa shape index (κ1) is 27.2. The molecule has 4 rings (SSSR count). The molecule has 1 saturated heterocycles. The molecule has 198 valence electrons. The van der Waals surface area contributed by atoms with Gasteiger partial charge in [-0.1, -0.05) is 55.2 Å². The fourth-order valence-corrected chi connectivity index (χ4v) is 5.34. The van der Waals surface area contributed by atoms with E-state index in [9.17, 15) is 19.5 Å². The van der Waals surface area contributed by atoms with E-state index in [1.54, 1.807) is 56.8 Å². The number of thioether (sulfide) groups is 1. The standard InChI is InChI=1S/C27H27N3O6S2/c1-5-19(26(33)34)36-20-13-12-17(14-21(20)35-6-2)15-22-24(31)29(27(37)38-22)23-16(3)28(4)30(25(23)32)18-10-8-7-9-11-18/h7-15,19H,5-6H2,1-4H3,(H,33,34)/b22-15+. The summed E-state index contributed by atoms with van der Waals surface area (Å²) < 4.78 is 14.8. The third kappa shape index (κ3) is 5.11. The van der Waals surface area contributed by atoms with Gasteiger partial charge in [0.05, 0.1) is 22.9 Å². The lowest BCUT2D eigenvalue weighted by atomic mass is 10.1. The lowest BCUT2D eigenvalue weighted by Gasteiger charge is -2.17. The zero-order chi connectivity index (χ0) is 27.6. The zero-order valence-electron chi connectivity index (χ0n) is 21.3. The summed E-state index contributed by atoms with van der Waals surface area (Å²) in [5.41, 5.74) is 1.77. The highest BCUT2D eigenvalue weighted by atomic mass is 32.2. The van der Waals surface area contributed by atoms with Gasteiger partial charge < -0.3 is 14.6 Å². The van der Waals surface area contributed by atoms with Crippen LogP contribution >= 0.6 is 24.0 Å². The Morgan fingerprint density at radius 1 is 1.13 bits per heavy atom. The molecular weight excluding hydrogens is 526 g/mol. The monoisotopic (exact) mass is 553 g/mol. The summed E-state index contributed by atoms with van der Waals surface area (Å²) in [4.78, 5) is 40.0. The number of carbonyl (C=O) groups excluding carboxylic acids is 1. The Hall–Kier alpha value is -3.83. The van der Waals surface area contributed by atoms with E-state index in [2.05, 4.69) is 0 Å². The van der Waals surface area contributed by atoms with Crippen molar-refractivity contribution >= 4 is 51.9 Å². The van der Waals surface area contributed by atoms with Gasteiger partial charge in [-0.3, -0.25) is 19.2 Å². The van der Waals surface area contributed by atoms with E-state index in [0.29, 0.717) is 40.0 Å². The third-order valence-corrected chi connectivity index (χ3v) is 7.32. The van der Waals surface area contributed by atoms with Crippen molar-refractivity contribution in [3.05, 3.63) is 75.0 Å². The van der Waals surface area contributed by atoms with E-state index < -0.39 is 18.0 Å². The summed E-state index contributed by atoms with van der Waals surface area (Å²) in [5.74, 6) is -0.806. The average Bonchev–Trinajstić information content (AvgIpc) is 3.28. The lowest BCUT2D eigenvalue weighted by molar-refractivity contribution is -0.145. The van der Waals surface area contributed by atoms with Gasteiger partial charge in [0.15, 0.2) is 21.9 Å². The summed E-state index contributed by atoms with van der Waals surface area (Å²) in [6.45, 7) is 5.64. The van der Waals surface area contributed by atoms with Gasteiger partial charge in [0.25, 0.3) is 11.5 Å². The van der Waals surface area contributed by atoms with Gasteiger partial charge in [0.2, 0.25) is 0 Å². The van der Waals surface area contributed by atoms with E-state index in [-0.39, 0.29) is 22.0 Å². The van der Waals surface area contributed by atoms with E-state index >= 15 is 0 Å². The number of aliphatic carboxylic acids is 1. The molecule has 1 aliphatic heterocycles. The number of carboxylic acid groups (broad SMARTS) is 1. The van der Waals surface area contributed by atoms with Crippen molar-refractivity contribution in [3.63, 3.8) is 0 Å². The van der Waals surface area contributed by atoms with Crippen molar-refractivity contribution < 1.29 is 24.2 Å². The zero-order valence-corrected chi connectivity index (χ0v) is 23.0. The van der Waals surface area contributed by atoms with Crippen LogP contribution in [0.3, 0.4) is 0 Å². The van der Waals surface area contributed by atoms with Crippen LogP contribution in [-0.2, 0) is 16.6 Å². The maximum atomic E-state index is 13.5. The van der Waals surface area contributed by atoms with Gasteiger partial charge in [-0.05, 0) is 56.2 Å². The highest BCUT2D eigenvalue weighted by Crippen LogP contribution is 2.38. The van der Waals surface area contributed by atoms with Crippen LogP contribution in [0.4, 0.5) is 5.69 Å². The number of aromatic nitrogens is 2. The van der Waals surface area contributed by atoms with Gasteiger partial charge >= 0.3 is 5.97 Å². The quantitative estimate of drug-likeness (QED) is 0.305. The summed E-state index contributed by atoms with van der Waals surface area (Å²) >= 11 is 6.63.